The number of hydrogen-bond donors (Lipinski definition) is 2. The second-order valence-electron chi connectivity index (χ2n) is 5.29. The van der Waals surface area contributed by atoms with Gasteiger partial charge >= 0.3 is 5.69 Å². The van der Waals surface area contributed by atoms with E-state index in [0.717, 1.165) is 18.2 Å². The van der Waals surface area contributed by atoms with Crippen molar-refractivity contribution >= 4 is 15.7 Å². The third kappa shape index (κ3) is 4.18. The highest BCUT2D eigenvalue weighted by atomic mass is 32.2. The first kappa shape index (κ1) is 15.4. The first-order valence-electron chi connectivity index (χ1n) is 5.50. The van der Waals surface area contributed by atoms with Crippen LogP contribution < -0.4 is 4.72 Å². The number of nitro groups is 1. The second kappa shape index (κ2) is 5.14. The van der Waals surface area contributed by atoms with Gasteiger partial charge in [0.05, 0.1) is 9.82 Å². The molecule has 0 aromatic heterocycles. The summed E-state index contributed by atoms with van der Waals surface area (Å²) in [6.45, 7) is 5.77. The lowest BCUT2D eigenvalue weighted by Crippen LogP contribution is -2.32. The van der Waals surface area contributed by atoms with Crippen LogP contribution in [0.1, 0.15) is 20.8 Å². The molecule has 8 heteroatoms. The van der Waals surface area contributed by atoms with E-state index in [-0.39, 0.29) is 16.9 Å². The highest BCUT2D eigenvalue weighted by Gasteiger charge is 2.22. The Morgan fingerprint density at radius 3 is 2.42 bits per heavy atom. The van der Waals surface area contributed by atoms with Crippen molar-refractivity contribution in [3.8, 4) is 5.75 Å². The number of aromatic hydroxyl groups is 1. The summed E-state index contributed by atoms with van der Waals surface area (Å²) in [6, 6.07) is 2.94. The summed E-state index contributed by atoms with van der Waals surface area (Å²) < 4.78 is 26.3. The molecule has 1 aromatic carbocycles. The van der Waals surface area contributed by atoms with Gasteiger partial charge in [-0.1, -0.05) is 20.8 Å². The number of hydrogen-bond acceptors (Lipinski definition) is 5. The molecule has 0 aliphatic carbocycles. The van der Waals surface area contributed by atoms with Crippen molar-refractivity contribution in [2.75, 3.05) is 6.54 Å². The van der Waals surface area contributed by atoms with Gasteiger partial charge in [0.2, 0.25) is 10.0 Å². The van der Waals surface area contributed by atoms with Crippen LogP contribution in [0.4, 0.5) is 5.69 Å². The Morgan fingerprint density at radius 2 is 1.95 bits per heavy atom. The van der Waals surface area contributed by atoms with Crippen molar-refractivity contribution in [1.82, 2.24) is 4.72 Å². The zero-order valence-corrected chi connectivity index (χ0v) is 11.7. The molecule has 0 atom stereocenters. The summed E-state index contributed by atoms with van der Waals surface area (Å²) in [5.74, 6) is -0.570. The van der Waals surface area contributed by atoms with E-state index in [4.69, 9.17) is 0 Å². The van der Waals surface area contributed by atoms with Crippen LogP contribution in [0.3, 0.4) is 0 Å². The minimum Gasteiger partial charge on any atom is -0.502 e. The average Bonchev–Trinajstić information content (AvgIpc) is 2.25. The van der Waals surface area contributed by atoms with Gasteiger partial charge < -0.3 is 5.11 Å². The molecule has 19 heavy (non-hydrogen) atoms. The van der Waals surface area contributed by atoms with Gasteiger partial charge in [0.15, 0.2) is 5.75 Å². The van der Waals surface area contributed by atoms with E-state index in [1.807, 2.05) is 20.8 Å². The van der Waals surface area contributed by atoms with Crippen molar-refractivity contribution in [2.45, 2.75) is 25.7 Å². The van der Waals surface area contributed by atoms with Crippen LogP contribution in [0.15, 0.2) is 23.1 Å². The summed E-state index contributed by atoms with van der Waals surface area (Å²) in [7, 11) is -3.83. The Hall–Kier alpha value is -1.67. The molecule has 1 aromatic rings. The monoisotopic (exact) mass is 288 g/mol. The fourth-order valence-corrected chi connectivity index (χ4v) is 2.52. The van der Waals surface area contributed by atoms with E-state index in [1.54, 1.807) is 0 Å². The van der Waals surface area contributed by atoms with Gasteiger partial charge in [-0.2, -0.15) is 0 Å². The van der Waals surface area contributed by atoms with Crippen molar-refractivity contribution < 1.29 is 18.4 Å². The molecule has 1 rings (SSSR count). The maximum atomic E-state index is 11.9. The summed E-state index contributed by atoms with van der Waals surface area (Å²) in [5, 5.41) is 19.9. The molecule has 0 saturated heterocycles. The molecular formula is C11H16N2O5S. The molecule has 0 saturated carbocycles. The number of rotatable bonds is 4. The minimum absolute atomic E-state index is 0.198. The highest BCUT2D eigenvalue weighted by Crippen LogP contribution is 2.28. The van der Waals surface area contributed by atoms with Gasteiger partial charge in [0.1, 0.15) is 0 Å². The van der Waals surface area contributed by atoms with Crippen LogP contribution in [0, 0.1) is 15.5 Å². The normalized spacial score (nSPS) is 12.4. The quantitative estimate of drug-likeness (QED) is 0.646. The molecule has 0 spiro atoms. The molecule has 0 aliphatic rings. The lowest BCUT2D eigenvalue weighted by molar-refractivity contribution is -0.386. The fraction of sp³-hybridized carbons (Fsp3) is 0.455. The van der Waals surface area contributed by atoms with Gasteiger partial charge in [0, 0.05) is 12.6 Å². The Kier molecular flexibility index (Phi) is 4.16. The predicted molar refractivity (Wildman–Crippen MR) is 69.4 cm³/mol. The van der Waals surface area contributed by atoms with Crippen LogP contribution in [0.5, 0.6) is 5.75 Å². The van der Waals surface area contributed by atoms with Crippen molar-refractivity contribution in [2.24, 2.45) is 5.41 Å². The predicted octanol–water partition coefficient (Wildman–Crippen LogP) is 1.62. The largest absolute Gasteiger partial charge is 0.502 e. The van der Waals surface area contributed by atoms with Gasteiger partial charge in [-0.3, -0.25) is 10.1 Å². The zero-order chi connectivity index (χ0) is 14.8. The van der Waals surface area contributed by atoms with Crippen molar-refractivity contribution in [3.05, 3.63) is 28.3 Å². The third-order valence-electron chi connectivity index (χ3n) is 2.25. The minimum atomic E-state index is -3.83. The molecule has 0 fully saturated rings. The molecule has 0 bridgehead atoms. The molecule has 7 nitrogen and oxygen atoms in total. The Bertz CT molecular complexity index is 590. The second-order valence-corrected chi connectivity index (χ2v) is 7.06. The van der Waals surface area contributed by atoms with Crippen LogP contribution in [0.25, 0.3) is 0 Å². The molecule has 2 N–H and O–H groups in total. The third-order valence-corrected chi connectivity index (χ3v) is 3.65. The number of phenolic OH excluding ortho intramolecular Hbond substituents is 1. The summed E-state index contributed by atoms with van der Waals surface area (Å²) in [4.78, 5) is 9.56. The highest BCUT2D eigenvalue weighted by molar-refractivity contribution is 7.89. The smallest absolute Gasteiger partial charge is 0.312 e. The first-order chi connectivity index (χ1) is 8.53. The van der Waals surface area contributed by atoms with Gasteiger partial charge in [-0.25, -0.2) is 13.1 Å². The maximum Gasteiger partial charge on any atom is 0.312 e. The Morgan fingerprint density at radius 1 is 1.37 bits per heavy atom. The molecule has 0 amide bonds. The Labute approximate surface area is 111 Å². The van der Waals surface area contributed by atoms with Crippen LogP contribution >= 0.6 is 0 Å². The van der Waals surface area contributed by atoms with E-state index in [2.05, 4.69) is 4.72 Å². The number of nitrogens with one attached hydrogen (secondary N) is 1. The lowest BCUT2D eigenvalue weighted by atomic mass is 9.98. The van der Waals surface area contributed by atoms with Crippen LogP contribution in [0.2, 0.25) is 0 Å². The van der Waals surface area contributed by atoms with Crippen molar-refractivity contribution in [1.29, 1.82) is 0 Å². The van der Waals surface area contributed by atoms with E-state index >= 15 is 0 Å². The van der Waals surface area contributed by atoms with Crippen LogP contribution in [-0.2, 0) is 10.0 Å². The number of nitro benzene ring substituents is 1. The molecule has 0 aliphatic heterocycles. The van der Waals surface area contributed by atoms with Crippen molar-refractivity contribution in [3.63, 3.8) is 0 Å². The van der Waals surface area contributed by atoms with Gasteiger partial charge in [0.25, 0.3) is 0 Å². The number of phenols is 1. The Balaban J connectivity index is 3.09. The molecule has 0 heterocycles. The summed E-state index contributed by atoms with van der Waals surface area (Å²) in [6.07, 6.45) is 0. The maximum absolute atomic E-state index is 11.9. The standard InChI is InChI=1S/C11H16N2O5S/c1-11(2,3)7-12-19(17,18)8-4-5-10(14)9(6-8)13(15)16/h4-6,12,14H,7H2,1-3H3. The topological polar surface area (TPSA) is 110 Å². The number of sulfonamides is 1. The van der Waals surface area contributed by atoms with Gasteiger partial charge in [-0.15, -0.1) is 0 Å². The van der Waals surface area contributed by atoms with Crippen LogP contribution in [-0.4, -0.2) is 25.0 Å². The molecule has 0 unspecified atom stereocenters. The number of benzene rings is 1. The average molecular weight is 288 g/mol. The summed E-state index contributed by atoms with van der Waals surface area (Å²) >= 11 is 0. The molecule has 106 valence electrons. The SMILES string of the molecule is CC(C)(C)CNS(=O)(=O)c1ccc(O)c([N+](=O)[O-])c1. The fourth-order valence-electron chi connectivity index (χ4n) is 1.21. The van der Waals surface area contributed by atoms with E-state index in [1.165, 1.54) is 0 Å². The molecule has 0 radical (unpaired) electrons. The summed E-state index contributed by atoms with van der Waals surface area (Å²) in [5.41, 5.74) is -0.894. The zero-order valence-electron chi connectivity index (χ0n) is 10.9. The number of nitrogens with zero attached hydrogens (tertiary/aromatic N) is 1. The van der Waals surface area contributed by atoms with E-state index in [9.17, 15) is 23.6 Å². The van der Waals surface area contributed by atoms with E-state index in [0.29, 0.717) is 0 Å². The first-order valence-corrected chi connectivity index (χ1v) is 6.98. The lowest BCUT2D eigenvalue weighted by Gasteiger charge is -2.18. The van der Waals surface area contributed by atoms with Gasteiger partial charge in [-0.05, 0) is 17.5 Å². The van der Waals surface area contributed by atoms with E-state index < -0.39 is 26.4 Å². The molecular weight excluding hydrogens is 272 g/mol.